The SMILES string of the molecule is CCOCCS(=O)(=O)NCC1(CCl)CCCCC1. The third-order valence-electron chi connectivity index (χ3n) is 3.57. The molecule has 0 saturated heterocycles. The summed E-state index contributed by atoms with van der Waals surface area (Å²) < 4.78 is 31.3. The lowest BCUT2D eigenvalue weighted by molar-refractivity contribution is 0.163. The summed E-state index contributed by atoms with van der Waals surface area (Å²) in [6, 6.07) is 0. The second kappa shape index (κ2) is 7.68. The van der Waals surface area contributed by atoms with E-state index in [-0.39, 0.29) is 17.8 Å². The number of sulfonamides is 1. The molecule has 0 amide bonds. The lowest BCUT2D eigenvalue weighted by Gasteiger charge is -2.35. The Morgan fingerprint density at radius 1 is 1.28 bits per heavy atom. The highest BCUT2D eigenvalue weighted by Gasteiger charge is 2.32. The molecule has 1 N–H and O–H groups in total. The van der Waals surface area contributed by atoms with Gasteiger partial charge in [0.1, 0.15) is 0 Å². The van der Waals surface area contributed by atoms with Crippen molar-refractivity contribution in [2.45, 2.75) is 39.0 Å². The molecule has 1 aliphatic rings. The van der Waals surface area contributed by atoms with Crippen LogP contribution in [0.25, 0.3) is 0 Å². The summed E-state index contributed by atoms with van der Waals surface area (Å²) in [4.78, 5) is 0. The van der Waals surface area contributed by atoms with Gasteiger partial charge in [0, 0.05) is 19.0 Å². The Bertz CT molecular complexity index is 326. The van der Waals surface area contributed by atoms with Gasteiger partial charge >= 0.3 is 0 Å². The van der Waals surface area contributed by atoms with Crippen molar-refractivity contribution in [1.82, 2.24) is 4.72 Å². The summed E-state index contributed by atoms with van der Waals surface area (Å²) in [5.74, 6) is 0.556. The second-order valence-electron chi connectivity index (χ2n) is 5.03. The van der Waals surface area contributed by atoms with Crippen LogP contribution in [0.3, 0.4) is 0 Å². The fourth-order valence-corrected chi connectivity index (χ4v) is 3.68. The minimum absolute atomic E-state index is 0.0270. The molecule has 1 aliphatic carbocycles. The molecule has 0 heterocycles. The van der Waals surface area contributed by atoms with E-state index in [9.17, 15) is 8.42 Å². The van der Waals surface area contributed by atoms with Crippen LogP contribution >= 0.6 is 11.6 Å². The van der Waals surface area contributed by atoms with Gasteiger partial charge in [-0.2, -0.15) is 0 Å². The van der Waals surface area contributed by atoms with Gasteiger partial charge in [0.2, 0.25) is 10.0 Å². The quantitative estimate of drug-likeness (QED) is 0.551. The molecule has 0 bridgehead atoms. The Labute approximate surface area is 115 Å². The van der Waals surface area contributed by atoms with E-state index in [0.717, 1.165) is 25.7 Å². The van der Waals surface area contributed by atoms with E-state index < -0.39 is 10.0 Å². The van der Waals surface area contributed by atoms with E-state index in [1.807, 2.05) is 6.92 Å². The van der Waals surface area contributed by atoms with E-state index in [1.165, 1.54) is 6.42 Å². The highest BCUT2D eigenvalue weighted by Crippen LogP contribution is 2.36. The number of hydrogen-bond acceptors (Lipinski definition) is 3. The normalized spacial score (nSPS) is 19.9. The standard InChI is InChI=1S/C12H24ClNO3S/c1-2-17-8-9-18(15,16)14-11-12(10-13)6-4-3-5-7-12/h14H,2-11H2,1H3. The van der Waals surface area contributed by atoms with Gasteiger partial charge in [-0.15, -0.1) is 11.6 Å². The number of halogens is 1. The lowest BCUT2D eigenvalue weighted by Crippen LogP contribution is -2.41. The molecule has 6 heteroatoms. The van der Waals surface area contributed by atoms with E-state index in [2.05, 4.69) is 4.72 Å². The third kappa shape index (κ3) is 5.43. The summed E-state index contributed by atoms with van der Waals surface area (Å²) in [7, 11) is -3.24. The minimum Gasteiger partial charge on any atom is -0.381 e. The van der Waals surface area contributed by atoms with Gasteiger partial charge in [-0.05, 0) is 25.2 Å². The average molecular weight is 298 g/mol. The van der Waals surface area contributed by atoms with Crippen molar-refractivity contribution in [1.29, 1.82) is 0 Å². The molecule has 0 aromatic heterocycles. The second-order valence-corrected chi connectivity index (χ2v) is 7.22. The fourth-order valence-electron chi connectivity index (χ4n) is 2.31. The number of hydrogen-bond donors (Lipinski definition) is 1. The molecule has 0 aromatic carbocycles. The van der Waals surface area contributed by atoms with Gasteiger partial charge in [0.25, 0.3) is 0 Å². The molecule has 4 nitrogen and oxygen atoms in total. The van der Waals surface area contributed by atoms with Crippen LogP contribution in [0, 0.1) is 5.41 Å². The van der Waals surface area contributed by atoms with E-state index in [4.69, 9.17) is 16.3 Å². The average Bonchev–Trinajstić information content (AvgIpc) is 2.38. The van der Waals surface area contributed by atoms with Crippen LogP contribution in [0.1, 0.15) is 39.0 Å². The van der Waals surface area contributed by atoms with E-state index >= 15 is 0 Å². The van der Waals surface area contributed by atoms with Crippen molar-refractivity contribution in [2.75, 3.05) is 31.4 Å². The molecule has 0 atom stereocenters. The van der Waals surface area contributed by atoms with Crippen molar-refractivity contribution in [3.8, 4) is 0 Å². The van der Waals surface area contributed by atoms with Gasteiger partial charge in [0.15, 0.2) is 0 Å². The maximum absolute atomic E-state index is 11.8. The molecule has 0 aromatic rings. The van der Waals surface area contributed by atoms with Crippen molar-refractivity contribution in [2.24, 2.45) is 5.41 Å². The van der Waals surface area contributed by atoms with Crippen molar-refractivity contribution >= 4 is 21.6 Å². The number of alkyl halides is 1. The molecule has 0 unspecified atom stereocenters. The summed E-state index contributed by atoms with van der Waals surface area (Å²) in [6.07, 6.45) is 5.56. The molecule has 0 radical (unpaired) electrons. The summed E-state index contributed by atoms with van der Waals surface area (Å²) in [5, 5.41) is 0. The van der Waals surface area contributed by atoms with E-state index in [0.29, 0.717) is 19.0 Å². The minimum atomic E-state index is -3.24. The topological polar surface area (TPSA) is 55.4 Å². The Balaban J connectivity index is 2.41. The monoisotopic (exact) mass is 297 g/mol. The zero-order valence-corrected chi connectivity index (χ0v) is 12.7. The highest BCUT2D eigenvalue weighted by atomic mass is 35.5. The molecule has 0 spiro atoms. The molecule has 1 rings (SSSR count). The van der Waals surface area contributed by atoms with Gasteiger partial charge in [0.05, 0.1) is 12.4 Å². The molecular formula is C12H24ClNO3S. The Morgan fingerprint density at radius 3 is 2.50 bits per heavy atom. The van der Waals surface area contributed by atoms with Crippen LogP contribution in [-0.4, -0.2) is 39.8 Å². The van der Waals surface area contributed by atoms with Crippen LogP contribution in [0.2, 0.25) is 0 Å². The predicted molar refractivity (Wildman–Crippen MR) is 74.5 cm³/mol. The largest absolute Gasteiger partial charge is 0.381 e. The highest BCUT2D eigenvalue weighted by molar-refractivity contribution is 7.89. The molecule has 108 valence electrons. The molecule has 1 saturated carbocycles. The maximum atomic E-state index is 11.8. The summed E-state index contributed by atoms with van der Waals surface area (Å²) >= 11 is 6.03. The van der Waals surface area contributed by atoms with Crippen LogP contribution in [0.5, 0.6) is 0 Å². The van der Waals surface area contributed by atoms with Crippen molar-refractivity contribution in [3.63, 3.8) is 0 Å². The van der Waals surface area contributed by atoms with Crippen LogP contribution < -0.4 is 4.72 Å². The van der Waals surface area contributed by atoms with Crippen LogP contribution in [0.15, 0.2) is 0 Å². The molecular weight excluding hydrogens is 274 g/mol. The zero-order valence-electron chi connectivity index (χ0n) is 11.1. The number of rotatable bonds is 8. The summed E-state index contributed by atoms with van der Waals surface area (Å²) in [6.45, 7) is 3.11. The van der Waals surface area contributed by atoms with Crippen molar-refractivity contribution < 1.29 is 13.2 Å². The molecule has 1 fully saturated rings. The van der Waals surface area contributed by atoms with Gasteiger partial charge in [-0.25, -0.2) is 13.1 Å². The Hall–Kier alpha value is 0.160. The first-order chi connectivity index (χ1) is 8.54. The first-order valence-corrected chi connectivity index (χ1v) is 8.83. The van der Waals surface area contributed by atoms with E-state index in [1.54, 1.807) is 0 Å². The first kappa shape index (κ1) is 16.2. The fraction of sp³-hybridized carbons (Fsp3) is 1.00. The smallest absolute Gasteiger partial charge is 0.213 e. The van der Waals surface area contributed by atoms with Crippen molar-refractivity contribution in [3.05, 3.63) is 0 Å². The third-order valence-corrected chi connectivity index (χ3v) is 5.42. The molecule has 0 aliphatic heterocycles. The number of ether oxygens (including phenoxy) is 1. The first-order valence-electron chi connectivity index (χ1n) is 6.65. The van der Waals surface area contributed by atoms with Gasteiger partial charge in [-0.3, -0.25) is 0 Å². The van der Waals surface area contributed by atoms with Crippen LogP contribution in [0.4, 0.5) is 0 Å². The van der Waals surface area contributed by atoms with Gasteiger partial charge in [-0.1, -0.05) is 19.3 Å². The lowest BCUT2D eigenvalue weighted by atomic mass is 9.76. The Morgan fingerprint density at radius 2 is 1.94 bits per heavy atom. The Kier molecular flexibility index (Phi) is 6.92. The predicted octanol–water partition coefficient (Wildman–Crippen LogP) is 2.13. The summed E-state index contributed by atoms with van der Waals surface area (Å²) in [5.41, 5.74) is -0.0432. The van der Waals surface area contributed by atoms with Crippen LogP contribution in [-0.2, 0) is 14.8 Å². The molecule has 18 heavy (non-hydrogen) atoms. The maximum Gasteiger partial charge on any atom is 0.213 e. The van der Waals surface area contributed by atoms with Gasteiger partial charge < -0.3 is 4.74 Å². The zero-order chi connectivity index (χ0) is 13.5. The number of nitrogens with one attached hydrogen (secondary N) is 1.